The Morgan fingerprint density at radius 3 is 2.70 bits per heavy atom. The van der Waals surface area contributed by atoms with Crippen LogP contribution in [0.3, 0.4) is 0 Å². The monoisotopic (exact) mass is 142 g/mol. The van der Waals surface area contributed by atoms with Crippen molar-refractivity contribution in [3.05, 3.63) is 0 Å². The van der Waals surface area contributed by atoms with Crippen LogP contribution in [0.15, 0.2) is 0 Å². The van der Waals surface area contributed by atoms with E-state index in [4.69, 9.17) is 5.26 Å². The lowest BCUT2D eigenvalue weighted by atomic mass is 10.4. The minimum Gasteiger partial charge on any atom is -0.452 e. The highest BCUT2D eigenvalue weighted by atomic mass is 16.5. The number of nitrogens with zero attached hydrogens (tertiary/aromatic N) is 2. The van der Waals surface area contributed by atoms with E-state index in [0.29, 0.717) is 6.54 Å². The number of hydrogen-bond donors (Lipinski definition) is 0. The number of carbonyl (C=O) groups excluding carboxylic acids is 1. The average molecular weight is 142 g/mol. The molecule has 0 atom stereocenters. The second-order valence-corrected chi connectivity index (χ2v) is 1.72. The van der Waals surface area contributed by atoms with E-state index in [9.17, 15) is 4.79 Å². The van der Waals surface area contributed by atoms with Crippen molar-refractivity contribution in [3.8, 4) is 6.19 Å². The van der Waals surface area contributed by atoms with Gasteiger partial charge >= 0.3 is 6.09 Å². The predicted octanol–water partition coefficient (Wildman–Crippen LogP) is 0.946. The highest BCUT2D eigenvalue weighted by Gasteiger charge is 2.09. The molecule has 0 saturated heterocycles. The fourth-order valence-corrected chi connectivity index (χ4v) is 0.516. The summed E-state index contributed by atoms with van der Waals surface area (Å²) in [6.45, 7) is 2.30. The van der Waals surface area contributed by atoms with Crippen molar-refractivity contribution in [3.63, 3.8) is 0 Å². The Kier molecular flexibility index (Phi) is 4.05. The number of rotatable bonds is 2. The number of methoxy groups -OCH3 is 1. The van der Waals surface area contributed by atoms with Crippen molar-refractivity contribution < 1.29 is 9.53 Å². The second kappa shape index (κ2) is 4.62. The molecule has 10 heavy (non-hydrogen) atoms. The fraction of sp³-hybridized carbons (Fsp3) is 0.667. The average Bonchev–Trinajstić information content (AvgIpc) is 1.99. The molecule has 0 aliphatic heterocycles. The highest BCUT2D eigenvalue weighted by Crippen LogP contribution is 1.91. The van der Waals surface area contributed by atoms with Crippen LogP contribution < -0.4 is 0 Å². The van der Waals surface area contributed by atoms with Gasteiger partial charge in [0.1, 0.15) is 0 Å². The summed E-state index contributed by atoms with van der Waals surface area (Å²) in [5, 5.41) is 8.33. The maximum atomic E-state index is 10.6. The Bertz CT molecular complexity index is 150. The fourth-order valence-electron chi connectivity index (χ4n) is 0.516. The summed E-state index contributed by atoms with van der Waals surface area (Å²) in [6.07, 6.45) is 1.87. The van der Waals surface area contributed by atoms with E-state index in [2.05, 4.69) is 4.74 Å². The number of carbonyl (C=O) groups is 1. The molecule has 0 aliphatic rings. The molecule has 0 rings (SSSR count). The van der Waals surface area contributed by atoms with Crippen molar-refractivity contribution in [2.45, 2.75) is 13.3 Å². The van der Waals surface area contributed by atoms with Gasteiger partial charge in [-0.1, -0.05) is 6.92 Å². The van der Waals surface area contributed by atoms with E-state index >= 15 is 0 Å². The lowest BCUT2D eigenvalue weighted by Gasteiger charge is -2.08. The van der Waals surface area contributed by atoms with Gasteiger partial charge in [-0.3, -0.25) is 0 Å². The Balaban J connectivity index is 3.84. The molecule has 0 fully saturated rings. The molecule has 0 spiro atoms. The smallest absolute Gasteiger partial charge is 0.422 e. The van der Waals surface area contributed by atoms with Crippen LogP contribution in [0.5, 0.6) is 0 Å². The Hall–Kier alpha value is -1.24. The van der Waals surface area contributed by atoms with E-state index in [1.165, 1.54) is 7.11 Å². The van der Waals surface area contributed by atoms with Crippen LogP contribution in [-0.2, 0) is 4.74 Å². The maximum Gasteiger partial charge on any atom is 0.422 e. The largest absolute Gasteiger partial charge is 0.452 e. The third-order valence-corrected chi connectivity index (χ3v) is 0.963. The van der Waals surface area contributed by atoms with Gasteiger partial charge in [0.15, 0.2) is 6.19 Å². The van der Waals surface area contributed by atoms with Crippen molar-refractivity contribution >= 4 is 6.09 Å². The van der Waals surface area contributed by atoms with Gasteiger partial charge in [0, 0.05) is 6.54 Å². The standard InChI is InChI=1S/C6H10N2O2/c1-3-4-8(5-7)6(9)10-2/h3-4H2,1-2H3. The van der Waals surface area contributed by atoms with Crippen molar-refractivity contribution in [2.75, 3.05) is 13.7 Å². The SMILES string of the molecule is CCCN(C#N)C(=O)OC. The van der Waals surface area contributed by atoms with E-state index in [0.717, 1.165) is 11.3 Å². The summed E-state index contributed by atoms with van der Waals surface area (Å²) in [5.74, 6) is 0. The van der Waals surface area contributed by atoms with Gasteiger partial charge in [-0.25, -0.2) is 9.69 Å². The molecule has 0 heterocycles. The first-order valence-electron chi connectivity index (χ1n) is 3.01. The zero-order valence-corrected chi connectivity index (χ0v) is 6.13. The first-order chi connectivity index (χ1) is 4.76. The van der Waals surface area contributed by atoms with Gasteiger partial charge < -0.3 is 4.74 Å². The van der Waals surface area contributed by atoms with Crippen LogP contribution in [0.1, 0.15) is 13.3 Å². The van der Waals surface area contributed by atoms with Gasteiger partial charge in [-0.2, -0.15) is 5.26 Å². The molecule has 0 bridgehead atoms. The molecule has 56 valence electrons. The first-order valence-corrected chi connectivity index (χ1v) is 3.01. The molecule has 0 N–H and O–H groups in total. The van der Waals surface area contributed by atoms with Gasteiger partial charge in [0.05, 0.1) is 7.11 Å². The molecule has 0 aromatic heterocycles. The molecule has 4 heteroatoms. The van der Waals surface area contributed by atoms with Crippen LogP contribution in [0.4, 0.5) is 4.79 Å². The van der Waals surface area contributed by atoms with Gasteiger partial charge in [-0.05, 0) is 6.42 Å². The number of amides is 1. The topological polar surface area (TPSA) is 53.3 Å². The maximum absolute atomic E-state index is 10.6. The third kappa shape index (κ3) is 2.35. The third-order valence-electron chi connectivity index (χ3n) is 0.963. The normalized spacial score (nSPS) is 8.10. The summed E-state index contributed by atoms with van der Waals surface area (Å²) in [5.41, 5.74) is 0. The summed E-state index contributed by atoms with van der Waals surface area (Å²) >= 11 is 0. The highest BCUT2D eigenvalue weighted by molar-refractivity contribution is 5.69. The van der Waals surface area contributed by atoms with Crippen LogP contribution in [0.25, 0.3) is 0 Å². The number of ether oxygens (including phenoxy) is 1. The lowest BCUT2D eigenvalue weighted by Crippen LogP contribution is -2.26. The number of hydrogen-bond acceptors (Lipinski definition) is 3. The molecule has 0 radical (unpaired) electrons. The predicted molar refractivity (Wildman–Crippen MR) is 35.0 cm³/mol. The Morgan fingerprint density at radius 1 is 1.80 bits per heavy atom. The zero-order valence-electron chi connectivity index (χ0n) is 6.13. The molecule has 0 aromatic carbocycles. The van der Waals surface area contributed by atoms with Crippen LogP contribution in [-0.4, -0.2) is 24.6 Å². The van der Waals surface area contributed by atoms with Crippen molar-refractivity contribution in [1.29, 1.82) is 5.26 Å². The zero-order chi connectivity index (χ0) is 7.98. The van der Waals surface area contributed by atoms with Gasteiger partial charge in [0.25, 0.3) is 0 Å². The molecular weight excluding hydrogens is 132 g/mol. The lowest BCUT2D eigenvalue weighted by molar-refractivity contribution is 0.142. The summed E-state index contributed by atoms with van der Waals surface area (Å²) < 4.78 is 4.32. The van der Waals surface area contributed by atoms with E-state index in [1.807, 2.05) is 6.92 Å². The molecule has 1 amide bonds. The second-order valence-electron chi connectivity index (χ2n) is 1.72. The van der Waals surface area contributed by atoms with Crippen molar-refractivity contribution in [2.24, 2.45) is 0 Å². The molecular formula is C6H10N2O2. The number of nitriles is 1. The summed E-state index contributed by atoms with van der Waals surface area (Å²) in [6, 6.07) is 0. The van der Waals surface area contributed by atoms with E-state index in [1.54, 1.807) is 6.19 Å². The summed E-state index contributed by atoms with van der Waals surface area (Å²) in [4.78, 5) is 11.6. The Labute approximate surface area is 60.0 Å². The van der Waals surface area contributed by atoms with Crippen LogP contribution >= 0.6 is 0 Å². The van der Waals surface area contributed by atoms with Gasteiger partial charge in [0.2, 0.25) is 0 Å². The quantitative estimate of drug-likeness (QED) is 0.426. The van der Waals surface area contributed by atoms with Crippen LogP contribution in [0.2, 0.25) is 0 Å². The van der Waals surface area contributed by atoms with Crippen molar-refractivity contribution in [1.82, 2.24) is 4.90 Å². The first kappa shape index (κ1) is 8.76. The van der Waals surface area contributed by atoms with E-state index in [-0.39, 0.29) is 0 Å². The van der Waals surface area contributed by atoms with Crippen LogP contribution in [0, 0.1) is 11.5 Å². The molecule has 0 aromatic rings. The molecule has 0 aliphatic carbocycles. The van der Waals surface area contributed by atoms with Gasteiger partial charge in [-0.15, -0.1) is 0 Å². The minimum atomic E-state index is -0.593. The molecule has 0 unspecified atom stereocenters. The van der Waals surface area contributed by atoms with E-state index < -0.39 is 6.09 Å². The summed E-state index contributed by atoms with van der Waals surface area (Å²) in [7, 11) is 1.25. The molecule has 0 saturated carbocycles. The Morgan fingerprint density at radius 2 is 2.40 bits per heavy atom. The minimum absolute atomic E-state index is 0.420. The molecule has 4 nitrogen and oxygen atoms in total.